The second-order valence-electron chi connectivity index (χ2n) is 8.91. The van der Waals surface area contributed by atoms with E-state index >= 15 is 0 Å². The predicted octanol–water partition coefficient (Wildman–Crippen LogP) is 6.13. The van der Waals surface area contributed by atoms with Gasteiger partial charge < -0.3 is 0 Å². The Kier molecular flexibility index (Phi) is 7.68. The molecule has 0 aliphatic carbocycles. The number of hydrogen-bond acceptors (Lipinski definition) is 5. The van der Waals surface area contributed by atoms with Crippen molar-refractivity contribution in [3.63, 3.8) is 0 Å². The van der Waals surface area contributed by atoms with Gasteiger partial charge in [0, 0.05) is 21.8 Å². The molecule has 1 heterocycles. The number of nitrogens with zero attached hydrogens (tertiary/aromatic N) is 4. The third-order valence-corrected chi connectivity index (χ3v) is 6.56. The number of rotatable bonds is 7. The van der Waals surface area contributed by atoms with Gasteiger partial charge in [-0.05, 0) is 29.2 Å². The highest BCUT2D eigenvalue weighted by Gasteiger charge is 2.19. The third kappa shape index (κ3) is 6.18. The largest absolute Gasteiger partial charge is 0.272 e. The van der Waals surface area contributed by atoms with Crippen LogP contribution in [0.2, 0.25) is 5.02 Å². The highest BCUT2D eigenvalue weighted by molar-refractivity contribution is 7.99. The van der Waals surface area contributed by atoms with E-state index in [0.717, 1.165) is 22.6 Å². The average molecular weight is 504 g/mol. The lowest BCUT2D eigenvalue weighted by molar-refractivity contribution is -0.118. The van der Waals surface area contributed by atoms with Gasteiger partial charge in [0.05, 0.1) is 12.0 Å². The summed E-state index contributed by atoms with van der Waals surface area (Å²) >= 11 is 7.41. The van der Waals surface area contributed by atoms with E-state index in [1.807, 2.05) is 53.1 Å². The zero-order chi connectivity index (χ0) is 24.8. The third-order valence-electron chi connectivity index (χ3n) is 5.29. The van der Waals surface area contributed by atoms with Crippen LogP contribution in [0.1, 0.15) is 31.9 Å². The number of halogens is 1. The van der Waals surface area contributed by atoms with Crippen LogP contribution in [0.25, 0.3) is 17.1 Å². The Morgan fingerprint density at radius 3 is 2.37 bits per heavy atom. The van der Waals surface area contributed by atoms with E-state index in [4.69, 9.17) is 11.6 Å². The van der Waals surface area contributed by atoms with Gasteiger partial charge in [-0.3, -0.25) is 9.36 Å². The van der Waals surface area contributed by atoms with Gasteiger partial charge in [0.25, 0.3) is 5.91 Å². The van der Waals surface area contributed by atoms with Gasteiger partial charge in [0.1, 0.15) is 0 Å². The van der Waals surface area contributed by atoms with E-state index < -0.39 is 0 Å². The van der Waals surface area contributed by atoms with Gasteiger partial charge in [-0.1, -0.05) is 105 Å². The van der Waals surface area contributed by atoms with Crippen LogP contribution in [0.5, 0.6) is 0 Å². The van der Waals surface area contributed by atoms with Crippen LogP contribution in [0.3, 0.4) is 0 Å². The number of benzene rings is 3. The van der Waals surface area contributed by atoms with E-state index in [9.17, 15) is 4.79 Å². The molecule has 0 saturated heterocycles. The fraction of sp³-hybridized carbons (Fsp3) is 0.185. The maximum absolute atomic E-state index is 12.4. The van der Waals surface area contributed by atoms with E-state index in [2.05, 4.69) is 65.8 Å². The Morgan fingerprint density at radius 2 is 1.69 bits per heavy atom. The zero-order valence-corrected chi connectivity index (χ0v) is 21.3. The van der Waals surface area contributed by atoms with Crippen molar-refractivity contribution in [3.05, 3.63) is 95.0 Å². The molecule has 0 unspecified atom stereocenters. The molecule has 0 spiro atoms. The summed E-state index contributed by atoms with van der Waals surface area (Å²) in [4.78, 5) is 12.4. The molecule has 8 heteroatoms. The second kappa shape index (κ2) is 10.9. The van der Waals surface area contributed by atoms with Gasteiger partial charge in [-0.25, -0.2) is 5.43 Å². The van der Waals surface area contributed by atoms with Crippen LogP contribution in [0.15, 0.2) is 89.1 Å². The van der Waals surface area contributed by atoms with E-state index in [1.54, 1.807) is 6.07 Å². The molecule has 0 bridgehead atoms. The van der Waals surface area contributed by atoms with Crippen molar-refractivity contribution in [2.24, 2.45) is 5.10 Å². The molecule has 0 radical (unpaired) electrons. The van der Waals surface area contributed by atoms with Gasteiger partial charge in [-0.2, -0.15) is 5.10 Å². The van der Waals surface area contributed by atoms with Crippen molar-refractivity contribution in [1.82, 2.24) is 20.2 Å². The molecule has 1 N–H and O–H groups in total. The first-order valence-corrected chi connectivity index (χ1v) is 12.5. The lowest BCUT2D eigenvalue weighted by Gasteiger charge is -2.19. The molecule has 4 rings (SSSR count). The quantitative estimate of drug-likeness (QED) is 0.187. The van der Waals surface area contributed by atoms with E-state index in [1.165, 1.54) is 23.5 Å². The molecule has 0 atom stereocenters. The number of amides is 1. The summed E-state index contributed by atoms with van der Waals surface area (Å²) < 4.78 is 1.97. The standard InChI is InChI=1S/C27H26ClN5OS/c1-27(2,3)21-15-13-19(14-16-21)25-31-32-26(33(25)22-10-5-4-6-11-22)35-18-24(34)30-29-17-20-9-7-8-12-23(20)28/h4-17H,18H2,1-3H3,(H,30,34). The van der Waals surface area contributed by atoms with Gasteiger partial charge >= 0.3 is 0 Å². The number of aromatic nitrogens is 3. The first-order valence-electron chi connectivity index (χ1n) is 11.1. The molecule has 3 aromatic carbocycles. The molecule has 4 aromatic rings. The minimum atomic E-state index is -0.253. The van der Waals surface area contributed by atoms with Gasteiger partial charge in [-0.15, -0.1) is 10.2 Å². The normalized spacial score (nSPS) is 11.7. The smallest absolute Gasteiger partial charge is 0.250 e. The Bertz CT molecular complexity index is 1330. The molecule has 35 heavy (non-hydrogen) atoms. The zero-order valence-electron chi connectivity index (χ0n) is 19.8. The maximum atomic E-state index is 12.4. The molecule has 178 valence electrons. The molecule has 0 aliphatic rings. The number of carbonyl (C=O) groups is 1. The van der Waals surface area contributed by atoms with Crippen molar-refractivity contribution in [3.8, 4) is 17.1 Å². The van der Waals surface area contributed by atoms with E-state index in [-0.39, 0.29) is 17.1 Å². The minimum absolute atomic E-state index is 0.0638. The lowest BCUT2D eigenvalue weighted by Crippen LogP contribution is -2.20. The Balaban J connectivity index is 1.53. The van der Waals surface area contributed by atoms with Gasteiger partial charge in [0.15, 0.2) is 11.0 Å². The molecule has 6 nitrogen and oxygen atoms in total. The molecule has 1 amide bonds. The average Bonchev–Trinajstić information content (AvgIpc) is 3.28. The van der Waals surface area contributed by atoms with Crippen molar-refractivity contribution >= 4 is 35.5 Å². The SMILES string of the molecule is CC(C)(C)c1ccc(-c2nnc(SCC(=O)NN=Cc3ccccc3Cl)n2-c2ccccc2)cc1. The molecule has 0 aliphatic heterocycles. The monoisotopic (exact) mass is 503 g/mol. The van der Waals surface area contributed by atoms with Gasteiger partial charge in [0.2, 0.25) is 0 Å². The summed E-state index contributed by atoms with van der Waals surface area (Å²) in [6.45, 7) is 6.56. The highest BCUT2D eigenvalue weighted by Crippen LogP contribution is 2.30. The second-order valence-corrected chi connectivity index (χ2v) is 10.3. The number of carbonyl (C=O) groups excluding carboxylic acids is 1. The minimum Gasteiger partial charge on any atom is -0.272 e. The van der Waals surface area contributed by atoms with Crippen molar-refractivity contribution in [1.29, 1.82) is 0 Å². The number of nitrogens with one attached hydrogen (secondary N) is 1. The molecular weight excluding hydrogens is 478 g/mol. The number of hydrogen-bond donors (Lipinski definition) is 1. The van der Waals surface area contributed by atoms with Crippen LogP contribution in [-0.2, 0) is 10.2 Å². The van der Waals surface area contributed by atoms with Crippen molar-refractivity contribution in [2.45, 2.75) is 31.3 Å². The Labute approximate surface area is 214 Å². The number of thioether (sulfide) groups is 1. The topological polar surface area (TPSA) is 72.2 Å². The maximum Gasteiger partial charge on any atom is 0.250 e. The summed E-state index contributed by atoms with van der Waals surface area (Å²) in [5.74, 6) is 0.599. The van der Waals surface area contributed by atoms with Crippen LogP contribution in [0, 0.1) is 0 Å². The summed E-state index contributed by atoms with van der Waals surface area (Å²) in [5.41, 5.74) is 6.46. The molecule has 0 saturated carbocycles. The lowest BCUT2D eigenvalue weighted by atomic mass is 9.87. The summed E-state index contributed by atoms with van der Waals surface area (Å²) in [7, 11) is 0. The van der Waals surface area contributed by atoms with Crippen molar-refractivity contribution < 1.29 is 4.79 Å². The number of hydrazone groups is 1. The first kappa shape index (κ1) is 24.7. The van der Waals surface area contributed by atoms with Crippen LogP contribution < -0.4 is 5.43 Å². The summed E-state index contributed by atoms with van der Waals surface area (Å²) in [6, 6.07) is 25.5. The fourth-order valence-electron chi connectivity index (χ4n) is 3.40. The summed E-state index contributed by atoms with van der Waals surface area (Å²) in [5, 5.41) is 14.1. The predicted molar refractivity (Wildman–Crippen MR) is 143 cm³/mol. The molecule has 1 aromatic heterocycles. The van der Waals surface area contributed by atoms with E-state index in [0.29, 0.717) is 10.2 Å². The number of para-hydroxylation sites is 1. The van der Waals surface area contributed by atoms with Crippen molar-refractivity contribution in [2.75, 3.05) is 5.75 Å². The molecular formula is C27H26ClN5OS. The molecule has 0 fully saturated rings. The first-order chi connectivity index (χ1) is 16.8. The summed E-state index contributed by atoms with van der Waals surface area (Å²) in [6.07, 6.45) is 1.52. The van der Waals surface area contributed by atoms with Crippen LogP contribution >= 0.6 is 23.4 Å². The Morgan fingerprint density at radius 1 is 1.00 bits per heavy atom. The van der Waals surface area contributed by atoms with Crippen LogP contribution in [0.4, 0.5) is 0 Å². The van der Waals surface area contributed by atoms with Crippen LogP contribution in [-0.4, -0.2) is 32.6 Å². The Hall–Kier alpha value is -3.42. The highest BCUT2D eigenvalue weighted by atomic mass is 35.5. The fourth-order valence-corrected chi connectivity index (χ4v) is 4.32.